The average Bonchev–Trinajstić information content (AvgIpc) is 2.82. The number of rotatable bonds is 3. The van der Waals surface area contributed by atoms with Gasteiger partial charge in [0.2, 0.25) is 0 Å². The van der Waals surface area contributed by atoms with Crippen molar-refractivity contribution in [1.29, 1.82) is 0 Å². The highest BCUT2D eigenvalue weighted by molar-refractivity contribution is 5.73. The summed E-state index contributed by atoms with van der Waals surface area (Å²) in [5.41, 5.74) is 6.30. The lowest BCUT2D eigenvalue weighted by Crippen LogP contribution is -2.32. The van der Waals surface area contributed by atoms with E-state index in [2.05, 4.69) is 9.47 Å². The van der Waals surface area contributed by atoms with Crippen molar-refractivity contribution in [2.24, 2.45) is 5.73 Å². The van der Waals surface area contributed by atoms with Gasteiger partial charge < -0.3 is 20.3 Å². The predicted octanol–water partition coefficient (Wildman–Crippen LogP) is 0.794. The number of benzene rings is 1. The molecule has 1 aliphatic rings. The number of cyclic esters (lactones) is 2. The Labute approximate surface area is 104 Å². The summed E-state index contributed by atoms with van der Waals surface area (Å²) in [7, 11) is 0. The van der Waals surface area contributed by atoms with Crippen LogP contribution in [0.25, 0.3) is 0 Å². The molecule has 0 aliphatic carbocycles. The first-order valence-electron chi connectivity index (χ1n) is 5.41. The van der Waals surface area contributed by atoms with E-state index in [-0.39, 0.29) is 0 Å². The van der Waals surface area contributed by atoms with Crippen LogP contribution in [0.1, 0.15) is 5.56 Å². The maximum atomic E-state index is 10.4. The van der Waals surface area contributed by atoms with Gasteiger partial charge in [-0.05, 0) is 12.0 Å². The third kappa shape index (κ3) is 5.31. The Kier molecular flexibility index (Phi) is 5.66. The highest BCUT2D eigenvalue weighted by Crippen LogP contribution is 2.01. The van der Waals surface area contributed by atoms with Gasteiger partial charge in [-0.3, -0.25) is 4.79 Å². The molecule has 1 atom stereocenters. The molecule has 0 saturated carbocycles. The molecule has 1 saturated heterocycles. The number of carbonyl (C=O) groups is 2. The highest BCUT2D eigenvalue weighted by Gasteiger charge is 2.11. The van der Waals surface area contributed by atoms with Crippen molar-refractivity contribution in [1.82, 2.24) is 0 Å². The van der Waals surface area contributed by atoms with Crippen molar-refractivity contribution < 1.29 is 24.2 Å². The molecule has 1 aromatic carbocycles. The number of carbonyl (C=O) groups excluding carboxylic acids is 1. The van der Waals surface area contributed by atoms with Crippen LogP contribution in [0.5, 0.6) is 0 Å². The van der Waals surface area contributed by atoms with Crippen molar-refractivity contribution in [2.45, 2.75) is 12.5 Å². The Morgan fingerprint density at radius 1 is 1.28 bits per heavy atom. The molecule has 0 unspecified atom stereocenters. The zero-order chi connectivity index (χ0) is 13.4. The fraction of sp³-hybridized carbons (Fsp3) is 0.333. The summed E-state index contributed by atoms with van der Waals surface area (Å²) in [6, 6.07) is 8.54. The molecule has 1 aromatic rings. The van der Waals surface area contributed by atoms with Crippen LogP contribution in [-0.2, 0) is 20.7 Å². The zero-order valence-corrected chi connectivity index (χ0v) is 9.74. The van der Waals surface area contributed by atoms with Crippen molar-refractivity contribution in [3.8, 4) is 0 Å². The number of carboxylic acids is 1. The van der Waals surface area contributed by atoms with Gasteiger partial charge in [-0.15, -0.1) is 0 Å². The van der Waals surface area contributed by atoms with E-state index in [1.165, 1.54) is 0 Å². The lowest BCUT2D eigenvalue weighted by atomic mass is 10.1. The number of ether oxygens (including phenoxy) is 2. The van der Waals surface area contributed by atoms with Gasteiger partial charge >= 0.3 is 12.1 Å². The number of carboxylic acid groups (broad SMARTS) is 1. The molecule has 0 spiro atoms. The van der Waals surface area contributed by atoms with E-state index in [9.17, 15) is 9.59 Å². The molecule has 98 valence electrons. The van der Waals surface area contributed by atoms with Crippen LogP contribution < -0.4 is 5.73 Å². The van der Waals surface area contributed by atoms with E-state index in [4.69, 9.17) is 10.8 Å². The van der Waals surface area contributed by atoms with E-state index in [0.29, 0.717) is 19.6 Å². The highest BCUT2D eigenvalue weighted by atomic mass is 16.8. The van der Waals surface area contributed by atoms with Gasteiger partial charge in [-0.2, -0.15) is 0 Å². The number of aliphatic carboxylic acids is 1. The monoisotopic (exact) mass is 253 g/mol. The first kappa shape index (κ1) is 14.0. The smallest absolute Gasteiger partial charge is 0.480 e. The second-order valence-electron chi connectivity index (χ2n) is 3.58. The maximum Gasteiger partial charge on any atom is 0.508 e. The molecular weight excluding hydrogens is 238 g/mol. The zero-order valence-electron chi connectivity index (χ0n) is 9.74. The van der Waals surface area contributed by atoms with Crippen LogP contribution in [0.2, 0.25) is 0 Å². The molecule has 0 amide bonds. The molecule has 0 radical (unpaired) electrons. The second kappa shape index (κ2) is 7.29. The summed E-state index contributed by atoms with van der Waals surface area (Å²) in [5, 5.41) is 8.52. The van der Waals surface area contributed by atoms with Crippen LogP contribution in [0, 0.1) is 0 Å². The number of hydrogen-bond acceptors (Lipinski definition) is 5. The summed E-state index contributed by atoms with van der Waals surface area (Å²) >= 11 is 0. The minimum Gasteiger partial charge on any atom is -0.480 e. The minimum absolute atomic E-state index is 0.385. The van der Waals surface area contributed by atoms with E-state index in [0.717, 1.165) is 5.56 Å². The molecule has 1 fully saturated rings. The fourth-order valence-electron chi connectivity index (χ4n) is 1.25. The third-order valence-corrected chi connectivity index (χ3v) is 2.14. The fourth-order valence-corrected chi connectivity index (χ4v) is 1.25. The van der Waals surface area contributed by atoms with Gasteiger partial charge in [0.25, 0.3) is 0 Å². The SMILES string of the molecule is N[C@@H](Cc1ccccc1)C(=O)O.O=C1OCCO1. The lowest BCUT2D eigenvalue weighted by Gasteiger charge is -2.04. The topological polar surface area (TPSA) is 98.9 Å². The summed E-state index contributed by atoms with van der Waals surface area (Å²) in [6.07, 6.45) is -0.161. The molecule has 0 bridgehead atoms. The van der Waals surface area contributed by atoms with Gasteiger partial charge in [-0.1, -0.05) is 30.3 Å². The van der Waals surface area contributed by atoms with Crippen molar-refractivity contribution >= 4 is 12.1 Å². The van der Waals surface area contributed by atoms with Gasteiger partial charge in [-0.25, -0.2) is 4.79 Å². The molecular formula is C12H15NO5. The summed E-state index contributed by atoms with van der Waals surface area (Å²) < 4.78 is 8.58. The Morgan fingerprint density at radius 2 is 1.83 bits per heavy atom. The Morgan fingerprint density at radius 3 is 2.22 bits per heavy atom. The van der Waals surface area contributed by atoms with Crippen LogP contribution in [0.3, 0.4) is 0 Å². The van der Waals surface area contributed by atoms with Gasteiger partial charge in [0.1, 0.15) is 19.3 Å². The maximum absolute atomic E-state index is 10.4. The molecule has 6 heteroatoms. The molecule has 3 N–H and O–H groups in total. The first-order chi connectivity index (χ1) is 8.59. The second-order valence-corrected chi connectivity index (χ2v) is 3.58. The minimum atomic E-state index is -0.959. The standard InChI is InChI=1S/C9H11NO2.C3H4O3/c10-8(9(11)12)6-7-4-2-1-3-5-7;4-3-5-1-2-6-3/h1-5,8H,6,10H2,(H,11,12);1-2H2/t8-;/m0./s1. The quantitative estimate of drug-likeness (QED) is 0.773. The van der Waals surface area contributed by atoms with Crippen molar-refractivity contribution in [3.63, 3.8) is 0 Å². The molecule has 6 nitrogen and oxygen atoms in total. The van der Waals surface area contributed by atoms with E-state index < -0.39 is 18.2 Å². The van der Waals surface area contributed by atoms with Crippen LogP contribution in [0.4, 0.5) is 4.79 Å². The molecule has 1 aliphatic heterocycles. The molecule has 18 heavy (non-hydrogen) atoms. The van der Waals surface area contributed by atoms with E-state index >= 15 is 0 Å². The lowest BCUT2D eigenvalue weighted by molar-refractivity contribution is -0.138. The Balaban J connectivity index is 0.000000225. The average molecular weight is 253 g/mol. The van der Waals surface area contributed by atoms with Gasteiger partial charge in [0.05, 0.1) is 0 Å². The number of hydrogen-bond donors (Lipinski definition) is 2. The molecule has 0 aromatic heterocycles. The summed E-state index contributed by atoms with van der Waals surface area (Å²) in [5.74, 6) is -0.959. The van der Waals surface area contributed by atoms with Crippen LogP contribution in [-0.4, -0.2) is 36.5 Å². The van der Waals surface area contributed by atoms with Crippen molar-refractivity contribution in [3.05, 3.63) is 35.9 Å². The summed E-state index contributed by atoms with van der Waals surface area (Å²) in [4.78, 5) is 20.2. The molecule has 1 heterocycles. The number of nitrogens with two attached hydrogens (primary N) is 1. The first-order valence-corrected chi connectivity index (χ1v) is 5.41. The van der Waals surface area contributed by atoms with Gasteiger partial charge in [0.15, 0.2) is 0 Å². The third-order valence-electron chi connectivity index (χ3n) is 2.14. The Bertz CT molecular complexity index is 385. The Hall–Kier alpha value is -2.08. The van der Waals surface area contributed by atoms with E-state index in [1.54, 1.807) is 0 Å². The predicted molar refractivity (Wildman–Crippen MR) is 63.1 cm³/mol. The van der Waals surface area contributed by atoms with Crippen molar-refractivity contribution in [2.75, 3.05) is 13.2 Å². The van der Waals surface area contributed by atoms with E-state index in [1.807, 2.05) is 30.3 Å². The van der Waals surface area contributed by atoms with Crippen LogP contribution in [0.15, 0.2) is 30.3 Å². The van der Waals surface area contributed by atoms with Gasteiger partial charge in [0, 0.05) is 0 Å². The van der Waals surface area contributed by atoms with Crippen LogP contribution >= 0.6 is 0 Å². The summed E-state index contributed by atoms with van der Waals surface area (Å²) in [6.45, 7) is 0.831. The normalized spacial score (nSPS) is 14.8. The molecule has 2 rings (SSSR count). The largest absolute Gasteiger partial charge is 0.508 e.